The zero-order valence-corrected chi connectivity index (χ0v) is 12.5. The van der Waals surface area contributed by atoms with Crippen molar-refractivity contribution in [3.8, 4) is 5.75 Å². The molecule has 1 unspecified atom stereocenters. The average molecular weight is 284 g/mol. The molecule has 0 bridgehead atoms. The van der Waals surface area contributed by atoms with Crippen LogP contribution in [0.25, 0.3) is 0 Å². The summed E-state index contributed by atoms with van der Waals surface area (Å²) in [6, 6.07) is 1.42. The van der Waals surface area contributed by atoms with Gasteiger partial charge in [-0.1, -0.05) is 6.92 Å². The van der Waals surface area contributed by atoms with Gasteiger partial charge in [-0.15, -0.1) is 0 Å². The Balaban J connectivity index is 2.81. The number of ether oxygens (including phenoxy) is 2. The highest BCUT2D eigenvalue weighted by Gasteiger charge is 2.19. The normalized spacial score (nSPS) is 12.7. The number of aromatic nitrogens is 1. The van der Waals surface area contributed by atoms with Crippen molar-refractivity contribution in [1.29, 1.82) is 0 Å². The smallest absolute Gasteiger partial charge is 0.413 e. The fourth-order valence-electron chi connectivity index (χ4n) is 1.30. The zero-order chi connectivity index (χ0) is 15.3. The standard InChI is InChI=1S/C14H21FN2O3/c1-6-9(2)19-10-7-8-16-12(11(10)15)17-13(18)20-14(3,4)5/h7-9H,6H2,1-5H3,(H,16,17,18). The summed E-state index contributed by atoms with van der Waals surface area (Å²) < 4.78 is 24.6. The minimum Gasteiger partial charge on any atom is -0.487 e. The number of pyridine rings is 1. The summed E-state index contributed by atoms with van der Waals surface area (Å²) in [4.78, 5) is 15.4. The van der Waals surface area contributed by atoms with Crippen LogP contribution in [0.15, 0.2) is 12.3 Å². The quantitative estimate of drug-likeness (QED) is 0.914. The predicted octanol–water partition coefficient (Wildman–Crippen LogP) is 3.75. The van der Waals surface area contributed by atoms with Crippen LogP contribution < -0.4 is 10.1 Å². The SMILES string of the molecule is CCC(C)Oc1ccnc(NC(=O)OC(C)(C)C)c1F. The molecule has 0 radical (unpaired) electrons. The summed E-state index contributed by atoms with van der Waals surface area (Å²) in [6.07, 6.45) is 1.23. The van der Waals surface area contributed by atoms with E-state index in [-0.39, 0.29) is 17.7 Å². The van der Waals surface area contributed by atoms with Gasteiger partial charge in [0, 0.05) is 12.3 Å². The van der Waals surface area contributed by atoms with E-state index in [0.29, 0.717) is 0 Å². The molecular formula is C14H21FN2O3. The molecule has 1 N–H and O–H groups in total. The second-order valence-electron chi connectivity index (χ2n) is 5.44. The van der Waals surface area contributed by atoms with Crippen LogP contribution in [0.5, 0.6) is 5.75 Å². The minimum absolute atomic E-state index is 0.0559. The molecule has 6 heteroatoms. The van der Waals surface area contributed by atoms with E-state index >= 15 is 0 Å². The molecule has 5 nitrogen and oxygen atoms in total. The van der Waals surface area contributed by atoms with Crippen molar-refractivity contribution in [2.24, 2.45) is 0 Å². The van der Waals surface area contributed by atoms with Crippen LogP contribution in [0.4, 0.5) is 15.0 Å². The van der Waals surface area contributed by atoms with Gasteiger partial charge in [0.05, 0.1) is 6.10 Å². The summed E-state index contributed by atoms with van der Waals surface area (Å²) in [7, 11) is 0. The van der Waals surface area contributed by atoms with E-state index in [0.717, 1.165) is 6.42 Å². The molecule has 1 aromatic heterocycles. The van der Waals surface area contributed by atoms with Crippen LogP contribution in [-0.4, -0.2) is 22.8 Å². The van der Waals surface area contributed by atoms with Crippen molar-refractivity contribution in [3.63, 3.8) is 0 Å². The number of nitrogens with zero attached hydrogens (tertiary/aromatic N) is 1. The number of amides is 1. The summed E-state index contributed by atoms with van der Waals surface area (Å²) in [5.74, 6) is -0.862. The van der Waals surface area contributed by atoms with E-state index in [1.165, 1.54) is 12.3 Å². The predicted molar refractivity (Wildman–Crippen MR) is 74.4 cm³/mol. The van der Waals surface area contributed by atoms with Gasteiger partial charge < -0.3 is 9.47 Å². The summed E-state index contributed by atoms with van der Waals surface area (Å²) in [5, 5.41) is 2.27. The molecule has 1 heterocycles. The monoisotopic (exact) mass is 284 g/mol. The molecule has 1 atom stereocenters. The third kappa shape index (κ3) is 5.03. The molecule has 0 saturated heterocycles. The van der Waals surface area contributed by atoms with Crippen molar-refractivity contribution < 1.29 is 18.7 Å². The Morgan fingerprint density at radius 2 is 2.15 bits per heavy atom. The lowest BCUT2D eigenvalue weighted by molar-refractivity contribution is 0.0634. The second kappa shape index (κ2) is 6.54. The van der Waals surface area contributed by atoms with Crippen LogP contribution in [0, 0.1) is 5.82 Å². The lowest BCUT2D eigenvalue weighted by Gasteiger charge is -2.20. The minimum atomic E-state index is -0.760. The van der Waals surface area contributed by atoms with Gasteiger partial charge in [-0.3, -0.25) is 5.32 Å². The van der Waals surface area contributed by atoms with Gasteiger partial charge in [0.25, 0.3) is 0 Å². The van der Waals surface area contributed by atoms with Gasteiger partial charge in [-0.05, 0) is 34.1 Å². The number of carbonyl (C=O) groups is 1. The topological polar surface area (TPSA) is 60.5 Å². The maximum absolute atomic E-state index is 14.1. The van der Waals surface area contributed by atoms with Crippen molar-refractivity contribution >= 4 is 11.9 Å². The first kappa shape index (κ1) is 16.2. The van der Waals surface area contributed by atoms with Crippen molar-refractivity contribution in [3.05, 3.63) is 18.1 Å². The molecule has 1 rings (SSSR count). The number of rotatable bonds is 4. The number of anilines is 1. The molecular weight excluding hydrogens is 263 g/mol. The highest BCUT2D eigenvalue weighted by Crippen LogP contribution is 2.24. The van der Waals surface area contributed by atoms with Crippen molar-refractivity contribution in [2.45, 2.75) is 52.7 Å². The molecule has 0 aliphatic carbocycles. The molecule has 0 aliphatic rings. The van der Waals surface area contributed by atoms with Crippen LogP contribution in [0.3, 0.4) is 0 Å². The largest absolute Gasteiger partial charge is 0.487 e. The number of hydrogen-bond acceptors (Lipinski definition) is 4. The molecule has 112 valence electrons. The average Bonchev–Trinajstić information content (AvgIpc) is 2.31. The summed E-state index contributed by atoms with van der Waals surface area (Å²) in [6.45, 7) is 8.93. The van der Waals surface area contributed by atoms with Gasteiger partial charge in [0.2, 0.25) is 5.82 Å². The van der Waals surface area contributed by atoms with Crippen LogP contribution in [0.2, 0.25) is 0 Å². The molecule has 0 fully saturated rings. The Hall–Kier alpha value is -1.85. The van der Waals surface area contributed by atoms with E-state index < -0.39 is 17.5 Å². The summed E-state index contributed by atoms with van der Waals surface area (Å²) >= 11 is 0. The highest BCUT2D eigenvalue weighted by molar-refractivity contribution is 5.84. The van der Waals surface area contributed by atoms with E-state index in [9.17, 15) is 9.18 Å². The van der Waals surface area contributed by atoms with Gasteiger partial charge in [-0.25, -0.2) is 9.78 Å². The fourth-order valence-corrected chi connectivity index (χ4v) is 1.30. The van der Waals surface area contributed by atoms with E-state index in [4.69, 9.17) is 9.47 Å². The zero-order valence-electron chi connectivity index (χ0n) is 12.5. The Morgan fingerprint density at radius 3 is 2.70 bits per heavy atom. The second-order valence-corrected chi connectivity index (χ2v) is 5.44. The lowest BCUT2D eigenvalue weighted by Crippen LogP contribution is -2.27. The Labute approximate surface area is 118 Å². The number of halogens is 1. The van der Waals surface area contributed by atoms with E-state index in [1.54, 1.807) is 20.8 Å². The molecule has 0 spiro atoms. The number of nitrogens with one attached hydrogen (secondary N) is 1. The maximum Gasteiger partial charge on any atom is 0.413 e. The Kier molecular flexibility index (Phi) is 5.30. The van der Waals surface area contributed by atoms with Crippen LogP contribution in [-0.2, 0) is 4.74 Å². The van der Waals surface area contributed by atoms with E-state index in [2.05, 4.69) is 10.3 Å². The first-order chi connectivity index (χ1) is 9.23. The van der Waals surface area contributed by atoms with E-state index in [1.807, 2.05) is 13.8 Å². The molecule has 0 saturated carbocycles. The lowest BCUT2D eigenvalue weighted by atomic mass is 10.2. The van der Waals surface area contributed by atoms with Gasteiger partial charge in [0.1, 0.15) is 5.60 Å². The fraction of sp³-hybridized carbons (Fsp3) is 0.571. The molecule has 1 aromatic rings. The number of hydrogen-bond donors (Lipinski definition) is 1. The molecule has 0 aliphatic heterocycles. The molecule has 20 heavy (non-hydrogen) atoms. The molecule has 1 amide bonds. The van der Waals surface area contributed by atoms with Gasteiger partial charge in [0.15, 0.2) is 11.6 Å². The van der Waals surface area contributed by atoms with Crippen molar-refractivity contribution in [2.75, 3.05) is 5.32 Å². The Morgan fingerprint density at radius 1 is 1.50 bits per heavy atom. The van der Waals surface area contributed by atoms with Gasteiger partial charge in [-0.2, -0.15) is 4.39 Å². The van der Waals surface area contributed by atoms with Crippen molar-refractivity contribution in [1.82, 2.24) is 4.98 Å². The first-order valence-electron chi connectivity index (χ1n) is 6.54. The third-order valence-electron chi connectivity index (χ3n) is 2.38. The van der Waals surface area contributed by atoms with Crippen LogP contribution in [0.1, 0.15) is 41.0 Å². The van der Waals surface area contributed by atoms with Crippen LogP contribution >= 0.6 is 0 Å². The van der Waals surface area contributed by atoms with Gasteiger partial charge >= 0.3 is 6.09 Å². The highest BCUT2D eigenvalue weighted by atomic mass is 19.1. The third-order valence-corrected chi connectivity index (χ3v) is 2.38. The molecule has 0 aromatic carbocycles. The number of carbonyl (C=O) groups excluding carboxylic acids is 1. The maximum atomic E-state index is 14.1. The first-order valence-corrected chi connectivity index (χ1v) is 6.54. The summed E-state index contributed by atoms with van der Waals surface area (Å²) in [5.41, 5.74) is -0.661. The Bertz CT molecular complexity index is 472.